The van der Waals surface area contributed by atoms with Crippen molar-refractivity contribution in [2.45, 2.75) is 6.61 Å². The van der Waals surface area contributed by atoms with Crippen molar-refractivity contribution in [2.75, 3.05) is 13.2 Å². The molecule has 1 N–H and O–H groups in total. The van der Waals surface area contributed by atoms with Gasteiger partial charge in [-0.25, -0.2) is 0 Å². The number of aliphatic hydroxyl groups is 1. The van der Waals surface area contributed by atoms with Crippen LogP contribution in [0.25, 0.3) is 23.0 Å². The van der Waals surface area contributed by atoms with E-state index in [0.29, 0.717) is 36.3 Å². The van der Waals surface area contributed by atoms with Gasteiger partial charge in [0.15, 0.2) is 0 Å². The normalized spacial score (nSPS) is 10.7. The maximum Gasteiger partial charge on any atom is 0.221 e. The van der Waals surface area contributed by atoms with E-state index in [1.54, 1.807) is 24.5 Å². The van der Waals surface area contributed by atoms with Crippen LogP contribution in [0.3, 0.4) is 0 Å². The highest BCUT2D eigenvalue weighted by molar-refractivity contribution is 5.50. The van der Waals surface area contributed by atoms with Gasteiger partial charge < -0.3 is 9.84 Å². The van der Waals surface area contributed by atoms with Crippen molar-refractivity contribution in [3.05, 3.63) is 48.3 Å². The Hall–Kier alpha value is -2.84. The van der Waals surface area contributed by atoms with Gasteiger partial charge in [0, 0.05) is 12.4 Å². The van der Waals surface area contributed by atoms with Crippen LogP contribution in [0.4, 0.5) is 0 Å². The molecule has 0 atom stereocenters. The number of aliphatic hydroxyl groups excluding tert-OH is 1. The van der Waals surface area contributed by atoms with Crippen molar-refractivity contribution < 1.29 is 9.84 Å². The molecule has 0 aliphatic rings. The Labute approximate surface area is 132 Å². The number of nitrogens with zero attached hydrogens (tertiary/aromatic N) is 6. The van der Waals surface area contributed by atoms with Crippen LogP contribution < -0.4 is 0 Å². The number of hydrogen-bond donors (Lipinski definition) is 1. The van der Waals surface area contributed by atoms with Gasteiger partial charge in [-0.15, -0.1) is 20.4 Å². The number of hydrogen-bond acceptors (Lipinski definition) is 8. The van der Waals surface area contributed by atoms with Gasteiger partial charge in [-0.2, -0.15) is 0 Å². The van der Waals surface area contributed by atoms with Gasteiger partial charge in [-0.05, 0) is 23.8 Å². The first-order valence-electron chi connectivity index (χ1n) is 6.99. The fourth-order valence-corrected chi connectivity index (χ4v) is 1.83. The van der Waals surface area contributed by atoms with E-state index in [4.69, 9.17) is 9.84 Å². The second kappa shape index (κ2) is 7.43. The molecule has 0 aromatic carbocycles. The molecule has 0 saturated carbocycles. The lowest BCUT2D eigenvalue weighted by molar-refractivity contribution is 0.0814. The van der Waals surface area contributed by atoms with Gasteiger partial charge in [0.1, 0.15) is 11.4 Å². The van der Waals surface area contributed by atoms with E-state index >= 15 is 0 Å². The van der Waals surface area contributed by atoms with E-state index in [9.17, 15) is 0 Å². The Bertz CT molecular complexity index is 734. The summed E-state index contributed by atoms with van der Waals surface area (Å²) in [6, 6.07) is 9.08. The maximum atomic E-state index is 8.67. The second-order valence-corrected chi connectivity index (χ2v) is 4.59. The van der Waals surface area contributed by atoms with Gasteiger partial charge in [-0.3, -0.25) is 9.97 Å². The first kappa shape index (κ1) is 15.1. The van der Waals surface area contributed by atoms with Crippen LogP contribution >= 0.6 is 0 Å². The fourth-order valence-electron chi connectivity index (χ4n) is 1.83. The Morgan fingerprint density at radius 3 is 2.17 bits per heavy atom. The highest BCUT2D eigenvalue weighted by Gasteiger charge is 2.08. The van der Waals surface area contributed by atoms with Gasteiger partial charge >= 0.3 is 0 Å². The van der Waals surface area contributed by atoms with Crippen LogP contribution in [0.2, 0.25) is 0 Å². The molecular weight excluding hydrogens is 296 g/mol. The summed E-state index contributed by atoms with van der Waals surface area (Å²) in [5, 5.41) is 24.8. The highest BCUT2D eigenvalue weighted by atomic mass is 16.5. The predicted molar refractivity (Wildman–Crippen MR) is 80.8 cm³/mol. The first-order chi connectivity index (χ1) is 11.4. The van der Waals surface area contributed by atoms with E-state index < -0.39 is 0 Å². The van der Waals surface area contributed by atoms with Crippen LogP contribution in [-0.2, 0) is 11.3 Å². The van der Waals surface area contributed by atoms with E-state index in [1.165, 1.54) is 0 Å². The fraction of sp³-hybridized carbons (Fsp3) is 0.200. The summed E-state index contributed by atoms with van der Waals surface area (Å²) < 4.78 is 5.23. The predicted octanol–water partition coefficient (Wildman–Crippen LogP) is 0.899. The number of rotatable bonds is 6. The van der Waals surface area contributed by atoms with Crippen molar-refractivity contribution in [3.8, 4) is 23.0 Å². The molecule has 0 aliphatic carbocycles. The smallest absolute Gasteiger partial charge is 0.221 e. The third-order valence-electron chi connectivity index (χ3n) is 2.93. The zero-order valence-corrected chi connectivity index (χ0v) is 12.2. The molecular formula is C15H14N6O2. The zero-order valence-electron chi connectivity index (χ0n) is 12.2. The second-order valence-electron chi connectivity index (χ2n) is 4.59. The minimum absolute atomic E-state index is 0.000683. The first-order valence-corrected chi connectivity index (χ1v) is 6.99. The lowest BCUT2D eigenvalue weighted by atomic mass is 10.2. The van der Waals surface area contributed by atoms with Crippen LogP contribution in [0.15, 0.2) is 42.7 Å². The summed E-state index contributed by atoms with van der Waals surface area (Å²) in [5.74, 6) is 0.705. The van der Waals surface area contributed by atoms with Gasteiger partial charge in [0.25, 0.3) is 0 Å². The van der Waals surface area contributed by atoms with Crippen LogP contribution in [-0.4, -0.2) is 48.7 Å². The number of pyridine rings is 2. The topological polar surface area (TPSA) is 107 Å². The molecule has 116 valence electrons. The Morgan fingerprint density at radius 2 is 1.61 bits per heavy atom. The molecule has 8 heteroatoms. The third kappa shape index (κ3) is 3.87. The highest BCUT2D eigenvalue weighted by Crippen LogP contribution is 2.13. The molecule has 0 saturated heterocycles. The largest absolute Gasteiger partial charge is 0.394 e. The molecule has 0 bridgehead atoms. The third-order valence-corrected chi connectivity index (χ3v) is 2.93. The van der Waals surface area contributed by atoms with Crippen molar-refractivity contribution in [3.63, 3.8) is 0 Å². The summed E-state index contributed by atoms with van der Waals surface area (Å²) in [4.78, 5) is 8.41. The lowest BCUT2D eigenvalue weighted by Gasteiger charge is -2.03. The summed E-state index contributed by atoms with van der Waals surface area (Å²) >= 11 is 0. The zero-order chi connectivity index (χ0) is 15.9. The van der Waals surface area contributed by atoms with Crippen LogP contribution in [0, 0.1) is 0 Å². The maximum absolute atomic E-state index is 8.67. The molecule has 0 radical (unpaired) electrons. The molecule has 0 aliphatic heterocycles. The monoisotopic (exact) mass is 310 g/mol. The van der Waals surface area contributed by atoms with Crippen molar-refractivity contribution in [2.24, 2.45) is 0 Å². The molecule has 8 nitrogen and oxygen atoms in total. The van der Waals surface area contributed by atoms with E-state index in [2.05, 4.69) is 30.4 Å². The van der Waals surface area contributed by atoms with Gasteiger partial charge in [0.2, 0.25) is 11.6 Å². The summed E-state index contributed by atoms with van der Waals surface area (Å²) in [7, 11) is 0. The van der Waals surface area contributed by atoms with Gasteiger partial charge in [0.05, 0.1) is 19.8 Å². The lowest BCUT2D eigenvalue weighted by Crippen LogP contribution is -2.02. The Balaban J connectivity index is 1.72. The standard InChI is InChI=1S/C15H14N6O2/c22-7-8-23-10-11-4-5-13(17-9-11)15-20-18-14(19-21-15)12-3-1-2-6-16-12/h1-6,9,22H,7-8,10H2. The molecule has 3 aromatic heterocycles. The van der Waals surface area contributed by atoms with Crippen LogP contribution in [0.1, 0.15) is 5.56 Å². The molecule has 3 heterocycles. The average molecular weight is 310 g/mol. The Morgan fingerprint density at radius 1 is 0.870 bits per heavy atom. The number of ether oxygens (including phenoxy) is 1. The van der Waals surface area contributed by atoms with E-state index in [0.717, 1.165) is 5.56 Å². The molecule has 0 amide bonds. The summed E-state index contributed by atoms with van der Waals surface area (Å²) in [6.45, 7) is 0.691. The van der Waals surface area contributed by atoms with E-state index in [1.807, 2.05) is 18.2 Å². The van der Waals surface area contributed by atoms with Gasteiger partial charge in [-0.1, -0.05) is 12.1 Å². The van der Waals surface area contributed by atoms with E-state index in [-0.39, 0.29) is 6.61 Å². The molecule has 23 heavy (non-hydrogen) atoms. The number of aromatic nitrogens is 6. The van der Waals surface area contributed by atoms with Crippen LogP contribution in [0.5, 0.6) is 0 Å². The van der Waals surface area contributed by atoms with Crippen molar-refractivity contribution in [1.82, 2.24) is 30.4 Å². The van der Waals surface area contributed by atoms with Crippen molar-refractivity contribution in [1.29, 1.82) is 0 Å². The SMILES string of the molecule is OCCOCc1ccc(-c2nnc(-c3ccccn3)nn2)nc1. The minimum atomic E-state index is -0.000683. The quantitative estimate of drug-likeness (QED) is 0.669. The Kier molecular flexibility index (Phi) is 4.87. The molecule has 3 rings (SSSR count). The summed E-state index contributed by atoms with van der Waals surface area (Å²) in [5.41, 5.74) is 2.08. The molecule has 0 unspecified atom stereocenters. The molecule has 3 aromatic rings. The molecule has 0 spiro atoms. The van der Waals surface area contributed by atoms with Crippen molar-refractivity contribution >= 4 is 0 Å². The summed E-state index contributed by atoms with van der Waals surface area (Å²) in [6.07, 6.45) is 3.33. The average Bonchev–Trinajstić information content (AvgIpc) is 2.63. The minimum Gasteiger partial charge on any atom is -0.394 e. The molecule has 0 fully saturated rings.